The molecule has 0 saturated heterocycles. The fourth-order valence-corrected chi connectivity index (χ4v) is 1.16. The summed E-state index contributed by atoms with van der Waals surface area (Å²) < 4.78 is 9.79. The Hall–Kier alpha value is -1.36. The molecule has 0 aliphatic heterocycles. The van der Waals surface area contributed by atoms with Crippen molar-refractivity contribution in [3.05, 3.63) is 12.2 Å². The van der Waals surface area contributed by atoms with Crippen LogP contribution < -0.4 is 0 Å². The first-order chi connectivity index (χ1) is 8.57. The lowest BCUT2D eigenvalue weighted by atomic mass is 10.2. The fraction of sp³-hybridized carbons (Fsp3) is 0.733. The molecule has 20 heavy (non-hydrogen) atoms. The van der Waals surface area contributed by atoms with Crippen LogP contribution in [0.3, 0.4) is 0 Å². The van der Waals surface area contributed by atoms with Gasteiger partial charge in [0.05, 0.1) is 13.2 Å². The van der Waals surface area contributed by atoms with E-state index in [0.717, 1.165) is 12.8 Å². The molecule has 0 aliphatic carbocycles. The van der Waals surface area contributed by atoms with E-state index in [0.29, 0.717) is 24.8 Å². The number of esters is 2. The Morgan fingerprint density at radius 3 is 2.15 bits per heavy atom. The van der Waals surface area contributed by atoms with Crippen LogP contribution in [0.2, 0.25) is 0 Å². The van der Waals surface area contributed by atoms with Crippen LogP contribution in [0.25, 0.3) is 0 Å². The predicted molar refractivity (Wildman–Crippen MR) is 80.4 cm³/mol. The van der Waals surface area contributed by atoms with Crippen molar-refractivity contribution in [1.82, 2.24) is 0 Å². The van der Waals surface area contributed by atoms with E-state index in [1.807, 2.05) is 0 Å². The minimum atomic E-state index is -0.426. The first-order valence-corrected chi connectivity index (χ1v) is 6.17. The van der Waals surface area contributed by atoms with Gasteiger partial charge in [-0.1, -0.05) is 27.9 Å². The van der Waals surface area contributed by atoms with Crippen molar-refractivity contribution in [2.75, 3.05) is 19.8 Å². The van der Waals surface area contributed by atoms with Gasteiger partial charge in [0.1, 0.15) is 0 Å². The Balaban J connectivity index is -0.00000144. The van der Waals surface area contributed by atoms with Gasteiger partial charge in [0.2, 0.25) is 0 Å². The van der Waals surface area contributed by atoms with E-state index in [4.69, 9.17) is 14.6 Å². The lowest BCUT2D eigenvalue weighted by Crippen LogP contribution is -2.10. The number of carbonyl (C=O) groups is 2. The molecule has 120 valence electrons. The van der Waals surface area contributed by atoms with Crippen molar-refractivity contribution in [2.45, 2.75) is 53.9 Å². The third-order valence-electron chi connectivity index (χ3n) is 2.17. The molecule has 5 nitrogen and oxygen atoms in total. The molecule has 0 spiro atoms. The third kappa shape index (κ3) is 14.7. The molecule has 0 aliphatic rings. The van der Waals surface area contributed by atoms with Crippen molar-refractivity contribution < 1.29 is 24.2 Å². The van der Waals surface area contributed by atoms with Crippen LogP contribution in [0.15, 0.2) is 12.2 Å². The topological polar surface area (TPSA) is 72.8 Å². The van der Waals surface area contributed by atoms with E-state index in [9.17, 15) is 9.59 Å². The number of carbonyl (C=O) groups excluding carboxylic acids is 2. The Kier molecular flexibility index (Phi) is 18.6. The summed E-state index contributed by atoms with van der Waals surface area (Å²) in [5.74, 6) is -0.676. The number of unbranched alkanes of at least 4 members (excludes halogenated alkanes) is 2. The molecule has 0 unspecified atom stereocenters. The summed E-state index contributed by atoms with van der Waals surface area (Å²) in [5.41, 5.74) is 0.357. The van der Waals surface area contributed by atoms with Crippen molar-refractivity contribution in [2.24, 2.45) is 0 Å². The Bertz CT molecular complexity index is 273. The van der Waals surface area contributed by atoms with Crippen LogP contribution in [0.1, 0.15) is 53.9 Å². The summed E-state index contributed by atoms with van der Waals surface area (Å²) in [5, 5.41) is 8.55. The highest BCUT2D eigenvalue weighted by molar-refractivity contribution is 5.86. The maximum atomic E-state index is 11.2. The number of aliphatic hydroxyl groups excluding tert-OH is 1. The predicted octanol–water partition coefficient (Wildman–Crippen LogP) is 2.86. The molecule has 5 heteroatoms. The monoisotopic (exact) mass is 290 g/mol. The molecule has 0 rings (SSSR count). The number of hydrogen-bond acceptors (Lipinski definition) is 5. The highest BCUT2D eigenvalue weighted by atomic mass is 16.5. The van der Waals surface area contributed by atoms with Gasteiger partial charge >= 0.3 is 11.9 Å². The van der Waals surface area contributed by atoms with Gasteiger partial charge in [-0.2, -0.15) is 0 Å². The van der Waals surface area contributed by atoms with E-state index < -0.39 is 5.97 Å². The number of aliphatic hydroxyl groups is 1. The highest BCUT2D eigenvalue weighted by Crippen LogP contribution is 2.01. The zero-order valence-electron chi connectivity index (χ0n) is 10.9. The number of rotatable bonds is 10. The highest BCUT2D eigenvalue weighted by Gasteiger charge is 2.04. The minimum absolute atomic E-state index is 0. The standard InChI is InChI=1S/C13H22O5.2CH4/c1-11(2)13(16)18-10-6-9-17-12(15)7-4-3-5-8-14;;/h14H,1,3-10H2,2H3;2*1H4. The molecule has 0 aromatic carbocycles. The molecule has 1 N–H and O–H groups in total. The van der Waals surface area contributed by atoms with Crippen LogP contribution >= 0.6 is 0 Å². The van der Waals surface area contributed by atoms with Gasteiger partial charge in [0.25, 0.3) is 0 Å². The Morgan fingerprint density at radius 1 is 1.00 bits per heavy atom. The first kappa shape index (κ1) is 23.7. The van der Waals surface area contributed by atoms with Crippen molar-refractivity contribution in [3.8, 4) is 0 Å². The maximum absolute atomic E-state index is 11.2. The molecule has 0 atom stereocenters. The molecule has 0 amide bonds. The first-order valence-electron chi connectivity index (χ1n) is 6.17. The molecule has 0 radical (unpaired) electrons. The van der Waals surface area contributed by atoms with E-state index >= 15 is 0 Å². The molecular formula is C15H30O5. The lowest BCUT2D eigenvalue weighted by molar-refractivity contribution is -0.144. The minimum Gasteiger partial charge on any atom is -0.466 e. The zero-order valence-corrected chi connectivity index (χ0v) is 10.9. The molecule has 0 fully saturated rings. The summed E-state index contributed by atoms with van der Waals surface area (Å²) >= 11 is 0. The summed E-state index contributed by atoms with van der Waals surface area (Å²) in [6, 6.07) is 0. The summed E-state index contributed by atoms with van der Waals surface area (Å²) in [6.07, 6.45) is 3.11. The number of hydrogen-bond donors (Lipinski definition) is 1. The van der Waals surface area contributed by atoms with Gasteiger partial charge in [0.15, 0.2) is 0 Å². The van der Waals surface area contributed by atoms with Crippen LogP contribution in [-0.2, 0) is 19.1 Å². The van der Waals surface area contributed by atoms with Crippen LogP contribution in [0.4, 0.5) is 0 Å². The summed E-state index contributed by atoms with van der Waals surface area (Å²) in [4.78, 5) is 22.2. The Labute approximate surface area is 123 Å². The smallest absolute Gasteiger partial charge is 0.333 e. The van der Waals surface area contributed by atoms with E-state index in [-0.39, 0.29) is 40.6 Å². The summed E-state index contributed by atoms with van der Waals surface area (Å²) in [7, 11) is 0. The average molecular weight is 290 g/mol. The van der Waals surface area contributed by atoms with Crippen molar-refractivity contribution in [1.29, 1.82) is 0 Å². The molecule has 0 aromatic heterocycles. The van der Waals surface area contributed by atoms with Crippen molar-refractivity contribution in [3.63, 3.8) is 0 Å². The quantitative estimate of drug-likeness (QED) is 0.380. The molecule has 0 heterocycles. The van der Waals surface area contributed by atoms with E-state index in [1.165, 1.54) is 0 Å². The fourth-order valence-electron chi connectivity index (χ4n) is 1.16. The van der Waals surface area contributed by atoms with Gasteiger partial charge in [-0.05, 0) is 19.8 Å². The maximum Gasteiger partial charge on any atom is 0.333 e. The van der Waals surface area contributed by atoms with Crippen molar-refractivity contribution >= 4 is 11.9 Å². The van der Waals surface area contributed by atoms with Gasteiger partial charge in [0, 0.05) is 25.0 Å². The zero-order chi connectivity index (χ0) is 13.8. The van der Waals surface area contributed by atoms with Gasteiger partial charge in [-0.15, -0.1) is 0 Å². The molecule has 0 saturated carbocycles. The summed E-state index contributed by atoms with van der Waals surface area (Å²) in [6.45, 7) is 5.67. The lowest BCUT2D eigenvalue weighted by Gasteiger charge is -2.06. The van der Waals surface area contributed by atoms with E-state index in [1.54, 1.807) is 6.92 Å². The average Bonchev–Trinajstić information content (AvgIpc) is 2.33. The van der Waals surface area contributed by atoms with E-state index in [2.05, 4.69) is 6.58 Å². The van der Waals surface area contributed by atoms with Gasteiger partial charge in [-0.3, -0.25) is 4.79 Å². The second-order valence-electron chi connectivity index (χ2n) is 4.02. The second kappa shape index (κ2) is 15.7. The molecule has 0 bridgehead atoms. The number of ether oxygens (including phenoxy) is 2. The van der Waals surface area contributed by atoms with Crippen LogP contribution in [0.5, 0.6) is 0 Å². The van der Waals surface area contributed by atoms with Gasteiger partial charge < -0.3 is 14.6 Å². The van der Waals surface area contributed by atoms with Gasteiger partial charge in [-0.25, -0.2) is 4.79 Å². The van der Waals surface area contributed by atoms with Crippen LogP contribution in [0, 0.1) is 0 Å². The molecular weight excluding hydrogens is 260 g/mol. The Morgan fingerprint density at radius 2 is 1.60 bits per heavy atom. The SMILES string of the molecule is C.C.C=C(C)C(=O)OCCCOC(=O)CCCCCO. The second-order valence-corrected chi connectivity index (χ2v) is 4.02. The largest absolute Gasteiger partial charge is 0.466 e. The van der Waals surface area contributed by atoms with Crippen LogP contribution in [-0.4, -0.2) is 36.9 Å². The normalized spacial score (nSPS) is 8.90. The third-order valence-corrected chi connectivity index (χ3v) is 2.17. The molecule has 0 aromatic rings.